The molecule has 0 N–H and O–H groups in total. The summed E-state index contributed by atoms with van der Waals surface area (Å²) in [6.45, 7) is 11.7. The number of nitrogens with zero attached hydrogens (tertiary/aromatic N) is 1. The molecule has 0 bridgehead atoms. The van der Waals surface area contributed by atoms with Crippen molar-refractivity contribution in [1.29, 1.82) is 0 Å². The molecule has 1 heterocycles. The molecule has 1 aliphatic heterocycles. The van der Waals surface area contributed by atoms with Gasteiger partial charge in [0, 0.05) is 13.1 Å². The summed E-state index contributed by atoms with van der Waals surface area (Å²) in [7, 11) is 0. The molecule has 0 aromatic carbocycles. The maximum Gasteiger partial charge on any atom is 0.309 e. The molecule has 0 radical (unpaired) electrons. The van der Waals surface area contributed by atoms with Gasteiger partial charge in [-0.05, 0) is 50.9 Å². The van der Waals surface area contributed by atoms with Gasteiger partial charge in [0.1, 0.15) is 0 Å². The summed E-state index contributed by atoms with van der Waals surface area (Å²) < 4.78 is 10.9. The van der Waals surface area contributed by atoms with Gasteiger partial charge in [-0.1, -0.05) is 20.8 Å². The highest BCUT2D eigenvalue weighted by Gasteiger charge is 2.33. The van der Waals surface area contributed by atoms with Crippen LogP contribution in [0.3, 0.4) is 0 Å². The molecule has 1 saturated heterocycles. The Morgan fingerprint density at radius 3 is 2.08 bits per heavy atom. The van der Waals surface area contributed by atoms with Crippen LogP contribution < -0.4 is 0 Å². The standard InChI is InChI=1S/C19H33NO4/c1-13-10-20(11-14(2)24-13)17(21)12-23-18(22)15-6-8-16(9-7-15)19(3,4)5/h13-16H,6-12H2,1-5H3/t13-,14-,15?,16?/m1/s1. The second-order valence-electron chi connectivity index (χ2n) is 8.58. The van der Waals surface area contributed by atoms with E-state index in [4.69, 9.17) is 9.47 Å². The zero-order chi connectivity index (χ0) is 17.9. The molecule has 2 fully saturated rings. The zero-order valence-electron chi connectivity index (χ0n) is 15.8. The van der Waals surface area contributed by atoms with Crippen molar-refractivity contribution in [3.05, 3.63) is 0 Å². The van der Waals surface area contributed by atoms with Crippen molar-refractivity contribution < 1.29 is 19.1 Å². The maximum atomic E-state index is 12.3. The Bertz CT molecular complexity index is 439. The number of carbonyl (C=O) groups is 2. The van der Waals surface area contributed by atoms with E-state index in [-0.39, 0.29) is 36.6 Å². The second kappa shape index (κ2) is 7.85. The Morgan fingerprint density at radius 1 is 1.04 bits per heavy atom. The third-order valence-corrected chi connectivity index (χ3v) is 5.40. The minimum absolute atomic E-state index is 0.0288. The molecule has 1 aliphatic carbocycles. The van der Waals surface area contributed by atoms with Crippen molar-refractivity contribution >= 4 is 11.9 Å². The molecule has 0 aromatic heterocycles. The van der Waals surface area contributed by atoms with Gasteiger partial charge in [0.25, 0.3) is 5.91 Å². The van der Waals surface area contributed by atoms with Gasteiger partial charge in [-0.3, -0.25) is 9.59 Å². The van der Waals surface area contributed by atoms with Crippen molar-refractivity contribution in [3.63, 3.8) is 0 Å². The SMILES string of the molecule is C[C@@H]1CN(C(=O)COC(=O)C2CCC(C(C)(C)C)CC2)C[C@@H](C)O1. The van der Waals surface area contributed by atoms with Gasteiger partial charge in [-0.25, -0.2) is 0 Å². The van der Waals surface area contributed by atoms with Crippen LogP contribution in [0.25, 0.3) is 0 Å². The number of morpholine rings is 1. The minimum Gasteiger partial charge on any atom is -0.455 e. The Hall–Kier alpha value is -1.10. The minimum atomic E-state index is -0.204. The number of esters is 1. The third kappa shape index (κ3) is 5.20. The van der Waals surface area contributed by atoms with Crippen LogP contribution in [0.2, 0.25) is 0 Å². The van der Waals surface area contributed by atoms with Crippen molar-refractivity contribution in [3.8, 4) is 0 Å². The van der Waals surface area contributed by atoms with E-state index in [0.29, 0.717) is 24.4 Å². The first-order valence-electron chi connectivity index (χ1n) is 9.26. The first kappa shape index (κ1) is 19.2. The molecule has 24 heavy (non-hydrogen) atoms. The molecule has 5 nitrogen and oxygen atoms in total. The van der Waals surface area contributed by atoms with Gasteiger partial charge in [-0.2, -0.15) is 0 Å². The summed E-state index contributed by atoms with van der Waals surface area (Å²) in [4.78, 5) is 26.2. The number of ether oxygens (including phenoxy) is 2. The quantitative estimate of drug-likeness (QED) is 0.742. The first-order chi connectivity index (χ1) is 11.2. The molecule has 0 aromatic rings. The normalized spacial score (nSPS) is 31.6. The molecule has 2 aliphatic rings. The van der Waals surface area contributed by atoms with E-state index in [1.54, 1.807) is 4.90 Å². The summed E-state index contributed by atoms with van der Waals surface area (Å²) in [5, 5.41) is 0. The van der Waals surface area contributed by atoms with Crippen molar-refractivity contribution in [2.45, 2.75) is 72.5 Å². The van der Waals surface area contributed by atoms with Gasteiger partial charge < -0.3 is 14.4 Å². The van der Waals surface area contributed by atoms with Crippen LogP contribution in [0.5, 0.6) is 0 Å². The third-order valence-electron chi connectivity index (χ3n) is 5.40. The fourth-order valence-corrected chi connectivity index (χ4v) is 3.92. The number of amides is 1. The zero-order valence-corrected chi connectivity index (χ0v) is 15.8. The Balaban J connectivity index is 1.74. The number of rotatable bonds is 3. The molecule has 1 amide bonds. The smallest absolute Gasteiger partial charge is 0.309 e. The number of hydrogen-bond donors (Lipinski definition) is 0. The van der Waals surface area contributed by atoms with Crippen molar-refractivity contribution in [2.24, 2.45) is 17.3 Å². The Morgan fingerprint density at radius 2 is 1.58 bits per heavy atom. The summed E-state index contributed by atoms with van der Waals surface area (Å²) >= 11 is 0. The lowest BCUT2D eigenvalue weighted by molar-refractivity contribution is -0.160. The highest BCUT2D eigenvalue weighted by Crippen LogP contribution is 2.40. The first-order valence-corrected chi connectivity index (χ1v) is 9.26. The predicted molar refractivity (Wildman–Crippen MR) is 92.5 cm³/mol. The lowest BCUT2D eigenvalue weighted by Gasteiger charge is -2.36. The van der Waals surface area contributed by atoms with Gasteiger partial charge in [0.2, 0.25) is 0 Å². The molecule has 1 saturated carbocycles. The summed E-state index contributed by atoms with van der Waals surface area (Å²) in [6.07, 6.45) is 3.94. The van der Waals surface area contributed by atoms with Gasteiger partial charge >= 0.3 is 5.97 Å². The van der Waals surface area contributed by atoms with E-state index in [1.807, 2.05) is 13.8 Å². The summed E-state index contributed by atoms with van der Waals surface area (Å²) in [6, 6.07) is 0. The van der Waals surface area contributed by atoms with Crippen LogP contribution in [-0.4, -0.2) is 48.7 Å². The van der Waals surface area contributed by atoms with E-state index in [1.165, 1.54) is 0 Å². The summed E-state index contributed by atoms with van der Waals surface area (Å²) in [5.74, 6) is 0.303. The molecular weight excluding hydrogens is 306 g/mol. The summed E-state index contributed by atoms with van der Waals surface area (Å²) in [5.41, 5.74) is 0.300. The average molecular weight is 339 g/mol. The van der Waals surface area contributed by atoms with Crippen molar-refractivity contribution in [2.75, 3.05) is 19.7 Å². The van der Waals surface area contributed by atoms with Crippen LogP contribution in [0.4, 0.5) is 0 Å². The second-order valence-corrected chi connectivity index (χ2v) is 8.58. The molecule has 0 spiro atoms. The average Bonchev–Trinajstić information content (AvgIpc) is 2.50. The van der Waals surface area contributed by atoms with Crippen molar-refractivity contribution in [1.82, 2.24) is 4.90 Å². The maximum absolute atomic E-state index is 12.3. The highest BCUT2D eigenvalue weighted by molar-refractivity contribution is 5.81. The lowest BCUT2D eigenvalue weighted by atomic mass is 9.70. The van der Waals surface area contributed by atoms with E-state index in [9.17, 15) is 9.59 Å². The van der Waals surface area contributed by atoms with Crippen LogP contribution in [0.15, 0.2) is 0 Å². The Labute approximate surface area is 146 Å². The molecule has 5 heteroatoms. The van der Waals surface area contributed by atoms with Crippen LogP contribution in [-0.2, 0) is 19.1 Å². The van der Waals surface area contributed by atoms with Crippen LogP contribution in [0, 0.1) is 17.3 Å². The molecule has 138 valence electrons. The van der Waals surface area contributed by atoms with Gasteiger partial charge in [0.05, 0.1) is 18.1 Å². The van der Waals surface area contributed by atoms with E-state index in [2.05, 4.69) is 20.8 Å². The van der Waals surface area contributed by atoms with E-state index >= 15 is 0 Å². The number of hydrogen-bond acceptors (Lipinski definition) is 4. The van der Waals surface area contributed by atoms with E-state index in [0.717, 1.165) is 25.7 Å². The topological polar surface area (TPSA) is 55.8 Å². The lowest BCUT2D eigenvalue weighted by Crippen LogP contribution is -2.49. The fraction of sp³-hybridized carbons (Fsp3) is 0.895. The van der Waals surface area contributed by atoms with Gasteiger partial charge in [0.15, 0.2) is 6.61 Å². The molecule has 2 rings (SSSR count). The fourth-order valence-electron chi connectivity index (χ4n) is 3.92. The molecule has 2 atom stereocenters. The molecule has 0 unspecified atom stereocenters. The largest absolute Gasteiger partial charge is 0.455 e. The monoisotopic (exact) mass is 339 g/mol. The Kier molecular flexibility index (Phi) is 6.29. The van der Waals surface area contributed by atoms with Gasteiger partial charge in [-0.15, -0.1) is 0 Å². The number of carbonyl (C=O) groups excluding carboxylic acids is 2. The van der Waals surface area contributed by atoms with E-state index < -0.39 is 0 Å². The van der Waals surface area contributed by atoms with Crippen LogP contribution in [0.1, 0.15) is 60.3 Å². The molecular formula is C19H33NO4. The predicted octanol–water partition coefficient (Wildman–Crippen LogP) is 3.02. The highest BCUT2D eigenvalue weighted by atomic mass is 16.5. The van der Waals surface area contributed by atoms with Crippen LogP contribution >= 0.6 is 0 Å².